The van der Waals surface area contributed by atoms with E-state index in [9.17, 15) is 40.7 Å². The van der Waals surface area contributed by atoms with Crippen LogP contribution in [0, 0.1) is 0 Å². The topological polar surface area (TPSA) is 90.9 Å². The van der Waals surface area contributed by atoms with E-state index in [1.54, 1.807) is 0 Å². The van der Waals surface area contributed by atoms with Crippen LogP contribution in [0.5, 0.6) is 0 Å². The molecule has 0 bridgehead atoms. The van der Waals surface area contributed by atoms with Crippen molar-refractivity contribution in [3.63, 3.8) is 0 Å². The fourth-order valence-electron chi connectivity index (χ4n) is 3.65. The summed E-state index contributed by atoms with van der Waals surface area (Å²) in [7, 11) is 0. The number of allylic oxidation sites excluding steroid dienone is 1. The van der Waals surface area contributed by atoms with E-state index in [1.165, 1.54) is 27.7 Å². The third-order valence-electron chi connectivity index (χ3n) is 5.03. The van der Waals surface area contributed by atoms with Gasteiger partial charge < -0.3 is 19.5 Å². The SMILES string of the molecule is CCOC(=O)C1=C(C(=O)OCC)C(c2cc(C(F)(F)F)ccc2C(F)(F)F)C(C(=O)OCC)=C(C)N1. The van der Waals surface area contributed by atoms with E-state index in [0.29, 0.717) is 0 Å². The maximum absolute atomic E-state index is 14.0. The first-order valence-corrected chi connectivity index (χ1v) is 10.7. The summed E-state index contributed by atoms with van der Waals surface area (Å²) in [6.07, 6.45) is -10.3. The van der Waals surface area contributed by atoms with E-state index in [-0.39, 0.29) is 43.7 Å². The Morgan fingerprint density at radius 3 is 1.78 bits per heavy atom. The van der Waals surface area contributed by atoms with Crippen molar-refractivity contribution in [2.75, 3.05) is 19.8 Å². The normalized spacial score (nSPS) is 16.4. The second-order valence-corrected chi connectivity index (χ2v) is 7.34. The third-order valence-corrected chi connectivity index (χ3v) is 5.03. The van der Waals surface area contributed by atoms with E-state index in [4.69, 9.17) is 14.2 Å². The zero-order valence-corrected chi connectivity index (χ0v) is 19.6. The van der Waals surface area contributed by atoms with Crippen molar-refractivity contribution in [2.45, 2.75) is 46.0 Å². The van der Waals surface area contributed by atoms with Crippen LogP contribution in [0.1, 0.15) is 50.3 Å². The van der Waals surface area contributed by atoms with Gasteiger partial charge in [-0.05, 0) is 51.5 Å². The lowest BCUT2D eigenvalue weighted by atomic mass is 9.77. The van der Waals surface area contributed by atoms with Gasteiger partial charge in [0.2, 0.25) is 0 Å². The highest BCUT2D eigenvalue weighted by molar-refractivity contribution is 6.06. The maximum Gasteiger partial charge on any atom is 0.416 e. The quantitative estimate of drug-likeness (QED) is 0.317. The fraction of sp³-hybridized carbons (Fsp3) is 0.435. The lowest BCUT2D eigenvalue weighted by molar-refractivity contribution is -0.144. The standard InChI is InChI=1S/C23H23F6NO6/c1-5-34-19(31)15-11(4)30-18(21(33)36-7-3)17(20(32)35-6-2)16(15)13-10-12(22(24,25)26)8-9-14(13)23(27,28)29/h8-10,16,30H,5-7H2,1-4H3. The fourth-order valence-corrected chi connectivity index (χ4v) is 3.65. The van der Waals surface area contributed by atoms with Gasteiger partial charge >= 0.3 is 30.3 Å². The minimum Gasteiger partial charge on any atom is -0.463 e. The minimum absolute atomic E-state index is 0.188. The molecule has 1 aliphatic rings. The molecule has 2 rings (SSSR count). The lowest BCUT2D eigenvalue weighted by Gasteiger charge is -2.32. The predicted octanol–water partition coefficient (Wildman–Crippen LogP) is 4.63. The van der Waals surface area contributed by atoms with Gasteiger partial charge in [0, 0.05) is 5.70 Å². The summed E-state index contributed by atoms with van der Waals surface area (Å²) >= 11 is 0. The Balaban J connectivity index is 3.06. The summed E-state index contributed by atoms with van der Waals surface area (Å²) in [6, 6.07) is 0.618. The first kappa shape index (κ1) is 28.7. The largest absolute Gasteiger partial charge is 0.463 e. The van der Waals surface area contributed by atoms with Crippen molar-refractivity contribution in [3.8, 4) is 0 Å². The predicted molar refractivity (Wildman–Crippen MR) is 112 cm³/mol. The second-order valence-electron chi connectivity index (χ2n) is 7.34. The number of ether oxygens (including phenoxy) is 3. The average Bonchev–Trinajstić information content (AvgIpc) is 2.77. The van der Waals surface area contributed by atoms with Gasteiger partial charge in [-0.25, -0.2) is 14.4 Å². The summed E-state index contributed by atoms with van der Waals surface area (Å²) in [5.74, 6) is -5.84. The van der Waals surface area contributed by atoms with Crippen LogP contribution in [0.2, 0.25) is 0 Å². The molecule has 0 saturated carbocycles. The van der Waals surface area contributed by atoms with Crippen LogP contribution in [-0.4, -0.2) is 37.7 Å². The Kier molecular flexibility index (Phi) is 8.81. The molecule has 1 unspecified atom stereocenters. The smallest absolute Gasteiger partial charge is 0.416 e. The van der Waals surface area contributed by atoms with E-state index >= 15 is 0 Å². The minimum atomic E-state index is -5.19. The number of halogens is 6. The van der Waals surface area contributed by atoms with Gasteiger partial charge in [-0.3, -0.25) is 0 Å². The summed E-state index contributed by atoms with van der Waals surface area (Å²) in [5, 5.41) is 2.46. The monoisotopic (exact) mass is 523 g/mol. The first-order chi connectivity index (χ1) is 16.7. The van der Waals surface area contributed by atoms with Gasteiger partial charge in [0.25, 0.3) is 0 Å². The summed E-state index contributed by atoms with van der Waals surface area (Å²) in [5.41, 5.74) is -6.43. The van der Waals surface area contributed by atoms with Crippen molar-refractivity contribution in [1.29, 1.82) is 0 Å². The van der Waals surface area contributed by atoms with E-state index in [2.05, 4.69) is 5.32 Å². The van der Waals surface area contributed by atoms with Gasteiger partial charge in [0.1, 0.15) is 5.70 Å². The molecule has 198 valence electrons. The molecule has 1 aromatic carbocycles. The molecule has 13 heteroatoms. The number of dihydropyridines is 1. The molecule has 1 aliphatic heterocycles. The molecule has 0 spiro atoms. The zero-order valence-electron chi connectivity index (χ0n) is 19.6. The summed E-state index contributed by atoms with van der Waals surface area (Å²) < 4.78 is 97.3. The number of rotatable bonds is 7. The highest BCUT2D eigenvalue weighted by Crippen LogP contribution is 2.46. The number of carbonyl (C=O) groups is 3. The van der Waals surface area contributed by atoms with Gasteiger partial charge in [-0.2, -0.15) is 26.3 Å². The van der Waals surface area contributed by atoms with Crippen LogP contribution in [0.3, 0.4) is 0 Å². The molecule has 1 N–H and O–H groups in total. The molecule has 1 atom stereocenters. The highest BCUT2D eigenvalue weighted by atomic mass is 19.4. The Bertz CT molecular complexity index is 1100. The number of alkyl halides is 6. The van der Waals surface area contributed by atoms with Crippen LogP contribution < -0.4 is 5.32 Å². The first-order valence-electron chi connectivity index (χ1n) is 10.7. The van der Waals surface area contributed by atoms with Crippen LogP contribution in [0.4, 0.5) is 26.3 Å². The zero-order chi connectivity index (χ0) is 27.4. The van der Waals surface area contributed by atoms with E-state index in [0.717, 1.165) is 0 Å². The molecular formula is C23H23F6NO6. The van der Waals surface area contributed by atoms with Crippen LogP contribution in [0.25, 0.3) is 0 Å². The lowest BCUT2D eigenvalue weighted by Crippen LogP contribution is -2.37. The van der Waals surface area contributed by atoms with Crippen LogP contribution in [0.15, 0.2) is 40.7 Å². The molecule has 36 heavy (non-hydrogen) atoms. The van der Waals surface area contributed by atoms with Gasteiger partial charge in [0.05, 0.1) is 48.0 Å². The molecule has 1 heterocycles. The second kappa shape index (κ2) is 11.0. The molecule has 0 amide bonds. The average molecular weight is 523 g/mol. The Morgan fingerprint density at radius 1 is 0.806 bits per heavy atom. The van der Waals surface area contributed by atoms with Gasteiger partial charge in [-0.15, -0.1) is 0 Å². The molecule has 0 aliphatic carbocycles. The van der Waals surface area contributed by atoms with Crippen molar-refractivity contribution in [2.24, 2.45) is 0 Å². The Hall–Kier alpha value is -3.51. The molecule has 1 aromatic rings. The molecule has 0 saturated heterocycles. The van der Waals surface area contributed by atoms with E-state index in [1.807, 2.05) is 0 Å². The van der Waals surface area contributed by atoms with Gasteiger partial charge in [-0.1, -0.05) is 0 Å². The summed E-state index contributed by atoms with van der Waals surface area (Å²) in [4.78, 5) is 38.5. The van der Waals surface area contributed by atoms with E-state index < -0.39 is 69.7 Å². The third kappa shape index (κ3) is 6.00. The van der Waals surface area contributed by atoms with Crippen molar-refractivity contribution in [3.05, 3.63) is 57.4 Å². The molecule has 0 fully saturated rings. The Morgan fingerprint density at radius 2 is 1.31 bits per heavy atom. The molecular weight excluding hydrogens is 500 g/mol. The maximum atomic E-state index is 14.0. The molecule has 0 radical (unpaired) electrons. The van der Waals surface area contributed by atoms with Crippen LogP contribution in [-0.2, 0) is 40.9 Å². The number of hydrogen-bond donors (Lipinski definition) is 1. The summed E-state index contributed by atoms with van der Waals surface area (Å²) in [6.45, 7) is 4.65. The molecule has 7 nitrogen and oxygen atoms in total. The molecule has 0 aromatic heterocycles. The number of carbonyl (C=O) groups excluding carboxylic acids is 3. The Labute approximate surface area is 202 Å². The number of esters is 3. The van der Waals surface area contributed by atoms with Crippen molar-refractivity contribution in [1.82, 2.24) is 5.32 Å². The van der Waals surface area contributed by atoms with Crippen molar-refractivity contribution < 1.29 is 54.9 Å². The van der Waals surface area contributed by atoms with Crippen LogP contribution >= 0.6 is 0 Å². The number of benzene rings is 1. The number of hydrogen-bond acceptors (Lipinski definition) is 7. The highest BCUT2D eigenvalue weighted by Gasteiger charge is 2.46. The van der Waals surface area contributed by atoms with Gasteiger partial charge in [0.15, 0.2) is 0 Å². The number of nitrogens with one attached hydrogen (secondary N) is 1. The van der Waals surface area contributed by atoms with Crippen molar-refractivity contribution >= 4 is 17.9 Å².